The Hall–Kier alpha value is -0.860. The van der Waals surface area contributed by atoms with Crippen molar-refractivity contribution in [2.75, 3.05) is 13.7 Å². The molecule has 0 radical (unpaired) electrons. The van der Waals surface area contributed by atoms with Gasteiger partial charge in [0.25, 0.3) is 0 Å². The lowest BCUT2D eigenvalue weighted by Crippen LogP contribution is -2.46. The average Bonchev–Trinajstić information content (AvgIpc) is 2.62. The van der Waals surface area contributed by atoms with Gasteiger partial charge >= 0.3 is 0 Å². The van der Waals surface area contributed by atoms with Crippen LogP contribution < -0.4 is 5.32 Å². The van der Waals surface area contributed by atoms with Crippen molar-refractivity contribution in [2.45, 2.75) is 76.9 Å². The van der Waals surface area contributed by atoms with Crippen molar-refractivity contribution >= 4 is 0 Å². The molecule has 1 unspecified atom stereocenters. The zero-order valence-corrected chi connectivity index (χ0v) is 15.0. The monoisotopic (exact) mass is 315 g/mol. The lowest BCUT2D eigenvalue weighted by atomic mass is 9.77. The van der Waals surface area contributed by atoms with Gasteiger partial charge in [0.15, 0.2) is 0 Å². The van der Waals surface area contributed by atoms with Crippen LogP contribution in [0.2, 0.25) is 0 Å². The quantitative estimate of drug-likeness (QED) is 0.825. The maximum atomic E-state index is 5.94. The molecule has 2 aliphatic carbocycles. The van der Waals surface area contributed by atoms with Gasteiger partial charge in [0, 0.05) is 20.2 Å². The maximum absolute atomic E-state index is 5.94. The predicted molar refractivity (Wildman–Crippen MR) is 96.8 cm³/mol. The van der Waals surface area contributed by atoms with Crippen LogP contribution in [0.25, 0.3) is 0 Å². The van der Waals surface area contributed by atoms with Crippen LogP contribution in [0.4, 0.5) is 0 Å². The molecule has 1 N–H and O–H groups in total. The molecule has 0 spiro atoms. The Bertz CT molecular complexity index is 507. The van der Waals surface area contributed by atoms with Crippen molar-refractivity contribution in [3.05, 3.63) is 34.9 Å². The maximum Gasteiger partial charge on any atom is 0.0802 e. The number of methoxy groups -OCH3 is 1. The van der Waals surface area contributed by atoms with Gasteiger partial charge in [0.2, 0.25) is 0 Å². The SMILES string of the molecule is COC(C)(CNCc1ccc2c(c1)CCCC2)C1CCCCC1. The van der Waals surface area contributed by atoms with Crippen molar-refractivity contribution < 1.29 is 4.74 Å². The molecule has 23 heavy (non-hydrogen) atoms. The predicted octanol–water partition coefficient (Wildman–Crippen LogP) is 4.64. The van der Waals surface area contributed by atoms with Gasteiger partial charge in [0.1, 0.15) is 0 Å². The van der Waals surface area contributed by atoms with E-state index in [0.717, 1.165) is 13.1 Å². The number of ether oxygens (including phenoxy) is 1. The minimum atomic E-state index is -0.0192. The molecular formula is C21H33NO. The molecule has 3 rings (SSSR count). The highest BCUT2D eigenvalue weighted by molar-refractivity contribution is 5.33. The van der Waals surface area contributed by atoms with Crippen LogP contribution in [0.1, 0.15) is 68.6 Å². The first-order chi connectivity index (χ1) is 11.2. The van der Waals surface area contributed by atoms with Crippen LogP contribution in [0.15, 0.2) is 18.2 Å². The van der Waals surface area contributed by atoms with Gasteiger partial charge in [0.05, 0.1) is 5.60 Å². The van der Waals surface area contributed by atoms with E-state index >= 15 is 0 Å². The van der Waals surface area contributed by atoms with Gasteiger partial charge in [-0.1, -0.05) is 37.5 Å². The number of aryl methyl sites for hydroxylation is 2. The first kappa shape index (κ1) is 17.0. The third-order valence-corrected chi connectivity index (χ3v) is 6.15. The summed E-state index contributed by atoms with van der Waals surface area (Å²) in [5.41, 5.74) is 4.56. The number of hydrogen-bond donors (Lipinski definition) is 1. The summed E-state index contributed by atoms with van der Waals surface area (Å²) in [5.74, 6) is 0.706. The zero-order valence-electron chi connectivity index (χ0n) is 15.0. The molecule has 1 aromatic carbocycles. The molecule has 1 fully saturated rings. The van der Waals surface area contributed by atoms with Crippen molar-refractivity contribution in [1.29, 1.82) is 0 Å². The van der Waals surface area contributed by atoms with Gasteiger partial charge in [-0.3, -0.25) is 0 Å². The molecular weight excluding hydrogens is 282 g/mol. The van der Waals surface area contributed by atoms with Gasteiger partial charge in [-0.05, 0) is 68.1 Å². The van der Waals surface area contributed by atoms with Crippen molar-refractivity contribution in [1.82, 2.24) is 5.32 Å². The first-order valence-corrected chi connectivity index (χ1v) is 9.58. The lowest BCUT2D eigenvalue weighted by molar-refractivity contribution is -0.0536. The minimum Gasteiger partial charge on any atom is -0.377 e. The number of rotatable bonds is 6. The molecule has 0 saturated heterocycles. The second-order valence-corrected chi connectivity index (χ2v) is 7.77. The van der Waals surface area contributed by atoms with Gasteiger partial charge in [-0.2, -0.15) is 0 Å². The zero-order chi connectivity index (χ0) is 16.1. The number of nitrogens with one attached hydrogen (secondary N) is 1. The number of fused-ring (bicyclic) bond motifs is 1. The fourth-order valence-corrected chi connectivity index (χ4v) is 4.45. The molecule has 1 atom stereocenters. The summed E-state index contributed by atoms with van der Waals surface area (Å²) < 4.78 is 5.94. The average molecular weight is 316 g/mol. The van der Waals surface area contributed by atoms with Crippen molar-refractivity contribution in [3.8, 4) is 0 Å². The highest BCUT2D eigenvalue weighted by atomic mass is 16.5. The molecule has 1 saturated carbocycles. The lowest BCUT2D eigenvalue weighted by Gasteiger charge is -2.39. The van der Waals surface area contributed by atoms with Crippen LogP contribution in [0, 0.1) is 5.92 Å². The smallest absolute Gasteiger partial charge is 0.0802 e. The summed E-state index contributed by atoms with van der Waals surface area (Å²) in [6, 6.07) is 7.08. The Morgan fingerprint density at radius 1 is 1.04 bits per heavy atom. The van der Waals surface area contributed by atoms with E-state index in [4.69, 9.17) is 4.74 Å². The molecule has 2 nitrogen and oxygen atoms in total. The second-order valence-electron chi connectivity index (χ2n) is 7.77. The molecule has 0 aliphatic heterocycles. The van der Waals surface area contributed by atoms with E-state index < -0.39 is 0 Å². The van der Waals surface area contributed by atoms with Gasteiger partial charge in [-0.15, -0.1) is 0 Å². The Labute approximate surface area is 142 Å². The largest absolute Gasteiger partial charge is 0.377 e. The van der Waals surface area contributed by atoms with E-state index in [1.54, 1.807) is 11.1 Å². The van der Waals surface area contributed by atoms with Crippen LogP contribution in [-0.4, -0.2) is 19.3 Å². The summed E-state index contributed by atoms with van der Waals surface area (Å²) in [6.07, 6.45) is 12.0. The Balaban J connectivity index is 1.55. The summed E-state index contributed by atoms with van der Waals surface area (Å²) in [5, 5.41) is 3.67. The Morgan fingerprint density at radius 3 is 2.52 bits per heavy atom. The second kappa shape index (κ2) is 7.81. The topological polar surface area (TPSA) is 21.3 Å². The van der Waals surface area contributed by atoms with E-state index in [9.17, 15) is 0 Å². The molecule has 0 bridgehead atoms. The third kappa shape index (κ3) is 4.16. The summed E-state index contributed by atoms with van der Waals surface area (Å²) >= 11 is 0. The highest BCUT2D eigenvalue weighted by Gasteiger charge is 2.34. The standard InChI is InChI=1S/C21H33NO/c1-21(23-2,20-10-4-3-5-11-20)16-22-15-17-12-13-18-8-6-7-9-19(18)14-17/h12-14,20,22H,3-11,15-16H2,1-2H3. The Kier molecular flexibility index (Phi) is 5.76. The summed E-state index contributed by atoms with van der Waals surface area (Å²) in [7, 11) is 1.88. The van der Waals surface area contributed by atoms with E-state index in [1.165, 1.54) is 63.4 Å². The molecule has 2 aliphatic rings. The minimum absolute atomic E-state index is 0.0192. The van der Waals surface area contributed by atoms with Gasteiger partial charge in [-0.25, -0.2) is 0 Å². The molecule has 1 aromatic rings. The highest BCUT2D eigenvalue weighted by Crippen LogP contribution is 2.34. The molecule has 2 heteroatoms. The molecule has 128 valence electrons. The fraction of sp³-hybridized carbons (Fsp3) is 0.714. The summed E-state index contributed by atoms with van der Waals surface area (Å²) in [4.78, 5) is 0. The van der Waals surface area contributed by atoms with E-state index in [1.807, 2.05) is 7.11 Å². The van der Waals surface area contributed by atoms with E-state index in [-0.39, 0.29) is 5.60 Å². The number of hydrogen-bond acceptors (Lipinski definition) is 2. The van der Waals surface area contributed by atoms with Crippen LogP contribution in [0.3, 0.4) is 0 Å². The van der Waals surface area contributed by atoms with E-state index in [2.05, 4.69) is 30.4 Å². The van der Waals surface area contributed by atoms with Gasteiger partial charge < -0.3 is 10.1 Å². The normalized spacial score (nSPS) is 21.7. The van der Waals surface area contributed by atoms with Crippen molar-refractivity contribution in [3.63, 3.8) is 0 Å². The first-order valence-electron chi connectivity index (χ1n) is 9.58. The third-order valence-electron chi connectivity index (χ3n) is 6.15. The van der Waals surface area contributed by atoms with E-state index in [0.29, 0.717) is 5.92 Å². The van der Waals surface area contributed by atoms with Crippen molar-refractivity contribution in [2.24, 2.45) is 5.92 Å². The Morgan fingerprint density at radius 2 is 1.78 bits per heavy atom. The molecule has 0 amide bonds. The van der Waals surface area contributed by atoms with Crippen LogP contribution in [0.5, 0.6) is 0 Å². The number of benzene rings is 1. The fourth-order valence-electron chi connectivity index (χ4n) is 4.45. The molecule has 0 heterocycles. The van der Waals surface area contributed by atoms with Crippen LogP contribution in [-0.2, 0) is 24.1 Å². The summed E-state index contributed by atoms with van der Waals surface area (Å²) in [6.45, 7) is 4.20. The molecule has 0 aromatic heterocycles. The van der Waals surface area contributed by atoms with Crippen LogP contribution >= 0.6 is 0 Å².